The van der Waals surface area contributed by atoms with Gasteiger partial charge in [0.05, 0.1) is 20.6 Å². The normalized spacial score (nSPS) is 24.7. The van der Waals surface area contributed by atoms with Gasteiger partial charge in [0.2, 0.25) is 0 Å². The molecule has 1 heterocycles. The Morgan fingerprint density at radius 2 is 1.72 bits per heavy atom. The Morgan fingerprint density at radius 1 is 1.12 bits per heavy atom. The highest BCUT2D eigenvalue weighted by Gasteiger charge is 2.49. The van der Waals surface area contributed by atoms with Gasteiger partial charge in [-0.2, -0.15) is 0 Å². The Balaban J connectivity index is 0.00000156. The van der Waals surface area contributed by atoms with Crippen molar-refractivity contribution in [3.05, 3.63) is 35.9 Å². The Bertz CT molecular complexity index is 561. The molecule has 2 unspecified atom stereocenters. The Hall–Kier alpha value is -0.430. The largest absolute Gasteiger partial charge is 1.00 e. The molecule has 25 heavy (non-hydrogen) atoms. The summed E-state index contributed by atoms with van der Waals surface area (Å²) in [6.45, 7) is 1.83. The van der Waals surface area contributed by atoms with E-state index in [1.165, 1.54) is 0 Å². The number of carbonyl (C=O) groups excluding carboxylic acids is 1. The lowest BCUT2D eigenvalue weighted by atomic mass is 9.80. The average Bonchev–Trinajstić information content (AvgIpc) is 3.17. The first kappa shape index (κ1) is 22.6. The molecule has 1 saturated carbocycles. The second-order valence-corrected chi connectivity index (χ2v) is 7.77. The second-order valence-electron chi connectivity index (χ2n) is 7.77. The highest BCUT2D eigenvalue weighted by Crippen LogP contribution is 2.42. The van der Waals surface area contributed by atoms with Gasteiger partial charge in [-0.1, -0.05) is 43.2 Å². The number of hydrogen-bond acceptors (Lipinski definition) is 3. The van der Waals surface area contributed by atoms with Crippen LogP contribution in [-0.4, -0.2) is 48.8 Å². The van der Waals surface area contributed by atoms with E-state index in [2.05, 4.69) is 14.1 Å². The molecule has 0 bridgehead atoms. The first-order valence-electron chi connectivity index (χ1n) is 8.73. The molecular weight excluding hydrogens is 450 g/mol. The Labute approximate surface area is 171 Å². The third-order valence-corrected chi connectivity index (χ3v) is 5.50. The standard InChI is InChI=1S/C19H28NO3.2BrH/c1-20(2)13-12-17(14-20)23-18(21)19(22,16-10-6-7-11-16)15-8-4-3-5-9-15;;/h3-5,8-9,16-17,22H,6-7,10-14H2,1-2H3;2*1H/q+1;;/p-2. The van der Waals surface area contributed by atoms with Crippen LogP contribution < -0.4 is 34.0 Å². The summed E-state index contributed by atoms with van der Waals surface area (Å²) in [5.74, 6) is -0.496. The quantitative estimate of drug-likeness (QED) is 0.361. The fourth-order valence-electron chi connectivity index (χ4n) is 4.12. The van der Waals surface area contributed by atoms with Gasteiger partial charge in [-0.3, -0.25) is 0 Å². The molecule has 2 fully saturated rings. The van der Waals surface area contributed by atoms with E-state index in [1.807, 2.05) is 30.3 Å². The molecule has 0 radical (unpaired) electrons. The predicted molar refractivity (Wildman–Crippen MR) is 88.6 cm³/mol. The molecule has 1 aromatic carbocycles. The van der Waals surface area contributed by atoms with Gasteiger partial charge >= 0.3 is 5.97 Å². The summed E-state index contributed by atoms with van der Waals surface area (Å²) >= 11 is 0. The molecule has 1 N–H and O–H groups in total. The summed E-state index contributed by atoms with van der Waals surface area (Å²) in [5.41, 5.74) is -0.832. The van der Waals surface area contributed by atoms with Crippen LogP contribution >= 0.6 is 0 Å². The smallest absolute Gasteiger partial charge is 0.343 e. The van der Waals surface area contributed by atoms with E-state index >= 15 is 0 Å². The van der Waals surface area contributed by atoms with Crippen LogP contribution in [0.4, 0.5) is 0 Å². The van der Waals surface area contributed by atoms with Crippen molar-refractivity contribution in [3.63, 3.8) is 0 Å². The molecule has 1 saturated heterocycles. The second kappa shape index (κ2) is 8.98. The predicted octanol–water partition coefficient (Wildman–Crippen LogP) is -3.54. The van der Waals surface area contributed by atoms with Crippen LogP contribution in [-0.2, 0) is 15.1 Å². The van der Waals surface area contributed by atoms with Gasteiger partial charge in [0.25, 0.3) is 0 Å². The zero-order valence-corrected chi connectivity index (χ0v) is 18.1. The van der Waals surface area contributed by atoms with Gasteiger partial charge < -0.3 is 48.3 Å². The van der Waals surface area contributed by atoms with Gasteiger partial charge in [0.15, 0.2) is 11.7 Å². The van der Waals surface area contributed by atoms with Crippen molar-refractivity contribution in [2.75, 3.05) is 27.2 Å². The van der Waals surface area contributed by atoms with Crippen molar-refractivity contribution < 1.29 is 53.1 Å². The fourth-order valence-corrected chi connectivity index (χ4v) is 4.12. The first-order chi connectivity index (χ1) is 10.9. The van der Waals surface area contributed by atoms with Crippen molar-refractivity contribution in [1.29, 1.82) is 0 Å². The number of nitrogens with zero attached hydrogens (tertiary/aromatic N) is 1. The minimum absolute atomic E-state index is 0. The van der Waals surface area contributed by atoms with Crippen molar-refractivity contribution in [2.24, 2.45) is 5.92 Å². The lowest BCUT2D eigenvalue weighted by Crippen LogP contribution is -3.00. The summed E-state index contributed by atoms with van der Waals surface area (Å²) < 4.78 is 6.64. The topological polar surface area (TPSA) is 46.5 Å². The SMILES string of the molecule is C[N+]1(C)CCC(OC(=O)C(O)(c2ccccc2)C2CCCC2)C1.[Br-].[Br-]. The molecule has 1 aliphatic heterocycles. The minimum Gasteiger partial charge on any atom is -1.00 e. The molecule has 2 atom stereocenters. The van der Waals surface area contributed by atoms with Crippen LogP contribution in [0.15, 0.2) is 30.3 Å². The number of ether oxygens (including phenoxy) is 1. The summed E-state index contributed by atoms with van der Waals surface area (Å²) in [6, 6.07) is 9.33. The van der Waals surface area contributed by atoms with Crippen molar-refractivity contribution >= 4 is 5.97 Å². The molecular formula is C19H28Br2NO3-. The van der Waals surface area contributed by atoms with E-state index in [1.54, 1.807) is 0 Å². The monoisotopic (exact) mass is 476 g/mol. The van der Waals surface area contributed by atoms with Crippen LogP contribution in [0.5, 0.6) is 0 Å². The lowest BCUT2D eigenvalue weighted by molar-refractivity contribution is -0.879. The zero-order chi connectivity index (χ0) is 16.5. The van der Waals surface area contributed by atoms with Crippen LogP contribution in [0.1, 0.15) is 37.7 Å². The molecule has 6 heteroatoms. The number of benzene rings is 1. The maximum Gasteiger partial charge on any atom is 0.343 e. The van der Waals surface area contributed by atoms with E-state index < -0.39 is 11.6 Å². The van der Waals surface area contributed by atoms with Crippen LogP contribution in [0.25, 0.3) is 0 Å². The van der Waals surface area contributed by atoms with Crippen molar-refractivity contribution in [1.82, 2.24) is 0 Å². The average molecular weight is 478 g/mol. The Morgan fingerprint density at radius 3 is 2.24 bits per heavy atom. The summed E-state index contributed by atoms with van der Waals surface area (Å²) in [7, 11) is 4.29. The lowest BCUT2D eigenvalue weighted by Gasteiger charge is -2.33. The third-order valence-electron chi connectivity index (χ3n) is 5.50. The third kappa shape index (κ3) is 4.85. The van der Waals surface area contributed by atoms with Crippen LogP contribution in [0.2, 0.25) is 0 Å². The maximum absolute atomic E-state index is 12.9. The number of esters is 1. The van der Waals surface area contributed by atoms with Crippen molar-refractivity contribution in [3.8, 4) is 0 Å². The number of halogens is 2. The van der Waals surface area contributed by atoms with Crippen molar-refractivity contribution in [2.45, 2.75) is 43.8 Å². The number of quaternary nitrogens is 1. The first-order valence-corrected chi connectivity index (χ1v) is 8.73. The van der Waals surface area contributed by atoms with Gasteiger partial charge in [0.1, 0.15) is 6.54 Å². The molecule has 0 amide bonds. The van der Waals surface area contributed by atoms with E-state index in [-0.39, 0.29) is 46.0 Å². The fraction of sp³-hybridized carbons (Fsp3) is 0.632. The van der Waals surface area contributed by atoms with E-state index in [9.17, 15) is 9.90 Å². The minimum atomic E-state index is -1.50. The number of hydrogen-bond donors (Lipinski definition) is 1. The number of likely N-dealkylation sites (N-methyl/N-ethyl adjacent to an activating group) is 1. The number of rotatable bonds is 4. The van der Waals surface area contributed by atoms with E-state index in [0.29, 0.717) is 5.56 Å². The molecule has 1 aliphatic carbocycles. The molecule has 4 nitrogen and oxygen atoms in total. The van der Waals surface area contributed by atoms with Crippen LogP contribution in [0.3, 0.4) is 0 Å². The van der Waals surface area contributed by atoms with Gasteiger partial charge in [-0.25, -0.2) is 4.79 Å². The van der Waals surface area contributed by atoms with E-state index in [4.69, 9.17) is 4.74 Å². The molecule has 1 aromatic rings. The molecule has 3 rings (SSSR count). The molecule has 0 spiro atoms. The number of aliphatic hydroxyl groups is 1. The van der Waals surface area contributed by atoms with Crippen LogP contribution in [0, 0.1) is 5.92 Å². The maximum atomic E-state index is 12.9. The van der Waals surface area contributed by atoms with Gasteiger partial charge in [-0.05, 0) is 18.4 Å². The highest BCUT2D eigenvalue weighted by atomic mass is 79.9. The summed E-state index contributed by atoms with van der Waals surface area (Å²) in [5, 5.41) is 11.4. The van der Waals surface area contributed by atoms with E-state index in [0.717, 1.165) is 49.7 Å². The van der Waals surface area contributed by atoms with Gasteiger partial charge in [-0.15, -0.1) is 0 Å². The molecule has 2 aliphatic rings. The molecule has 0 aromatic heterocycles. The molecule has 142 valence electrons. The Kier molecular flexibility index (Phi) is 8.12. The number of carbonyl (C=O) groups is 1. The highest BCUT2D eigenvalue weighted by molar-refractivity contribution is 5.81. The summed E-state index contributed by atoms with van der Waals surface area (Å²) in [6.07, 6.45) is 4.68. The summed E-state index contributed by atoms with van der Waals surface area (Å²) in [4.78, 5) is 12.9. The zero-order valence-electron chi connectivity index (χ0n) is 15.0. The number of likely N-dealkylation sites (tertiary alicyclic amines) is 1. The van der Waals surface area contributed by atoms with Gasteiger partial charge in [0, 0.05) is 12.3 Å².